The number of fused-ring (bicyclic) bond motifs is 1. The highest BCUT2D eigenvalue weighted by atomic mass is 79.9. The van der Waals surface area contributed by atoms with Gasteiger partial charge in [0.15, 0.2) is 26.5 Å². The monoisotopic (exact) mass is 548 g/mol. The number of ether oxygens (including phenoxy) is 2. The number of sulfone groups is 1. The molecule has 176 valence electrons. The van der Waals surface area contributed by atoms with Crippen molar-refractivity contribution in [1.82, 2.24) is 0 Å². The molecule has 2 atom stereocenters. The summed E-state index contributed by atoms with van der Waals surface area (Å²) in [4.78, 5) is 29.1. The number of carboxylic acids is 1. The summed E-state index contributed by atoms with van der Waals surface area (Å²) in [6, 6.07) is 3.19. The number of carboxylic acid groups (broad SMARTS) is 1. The highest BCUT2D eigenvalue weighted by molar-refractivity contribution is 9.10. The molecule has 2 fully saturated rings. The number of rotatable bonds is 9. The van der Waals surface area contributed by atoms with Gasteiger partial charge in [-0.3, -0.25) is 9.59 Å². The molecule has 32 heavy (non-hydrogen) atoms. The third-order valence-corrected chi connectivity index (χ3v) is 8.73. The summed E-state index contributed by atoms with van der Waals surface area (Å²) in [7, 11) is -3.20. The Morgan fingerprint density at radius 1 is 1.22 bits per heavy atom. The van der Waals surface area contributed by atoms with Crippen molar-refractivity contribution in [3.05, 3.63) is 16.6 Å². The van der Waals surface area contributed by atoms with Crippen LogP contribution < -0.4 is 14.4 Å². The predicted octanol–water partition coefficient (Wildman–Crippen LogP) is 3.10. The lowest BCUT2D eigenvalue weighted by molar-refractivity contribution is -0.137. The molecule has 0 saturated carbocycles. The fourth-order valence-corrected chi connectivity index (χ4v) is 8.14. The number of hydrogen-bond donors (Lipinski definition) is 1. The minimum Gasteiger partial charge on any atom is -0.490 e. The molecule has 0 radical (unpaired) electrons. The van der Waals surface area contributed by atoms with Gasteiger partial charge in [0.1, 0.15) is 0 Å². The van der Waals surface area contributed by atoms with Crippen molar-refractivity contribution >= 4 is 60.3 Å². The zero-order valence-corrected chi connectivity index (χ0v) is 21.0. The van der Waals surface area contributed by atoms with Gasteiger partial charge in [-0.1, -0.05) is 11.8 Å². The molecule has 2 heterocycles. The number of aliphatic imine (C=N–C) groups is 1. The first kappa shape index (κ1) is 24.8. The van der Waals surface area contributed by atoms with Crippen LogP contribution in [0, 0.1) is 0 Å². The van der Waals surface area contributed by atoms with Gasteiger partial charge < -0.3 is 19.5 Å². The van der Waals surface area contributed by atoms with Gasteiger partial charge in [0, 0.05) is 29.8 Å². The molecule has 12 heteroatoms. The van der Waals surface area contributed by atoms with Crippen LogP contribution in [0.3, 0.4) is 0 Å². The summed E-state index contributed by atoms with van der Waals surface area (Å²) in [5.74, 6) is -0.377. The normalized spacial score (nSPS) is 22.7. The molecule has 0 bridgehead atoms. The van der Waals surface area contributed by atoms with E-state index < -0.39 is 21.7 Å². The van der Waals surface area contributed by atoms with E-state index in [0.29, 0.717) is 40.0 Å². The Morgan fingerprint density at radius 3 is 2.59 bits per heavy atom. The first-order chi connectivity index (χ1) is 15.1. The number of anilines is 1. The van der Waals surface area contributed by atoms with Gasteiger partial charge in [-0.2, -0.15) is 4.99 Å². The molecule has 9 nitrogen and oxygen atoms in total. The molecule has 1 aromatic rings. The van der Waals surface area contributed by atoms with E-state index in [2.05, 4.69) is 20.9 Å². The van der Waals surface area contributed by atoms with Crippen LogP contribution in [0.2, 0.25) is 0 Å². The number of amidine groups is 1. The molecule has 3 rings (SSSR count). The number of aliphatic carboxylic acids is 1. The number of carbonyl (C=O) groups is 2. The number of nitrogens with zero attached hydrogens (tertiary/aromatic N) is 2. The largest absolute Gasteiger partial charge is 0.490 e. The van der Waals surface area contributed by atoms with Gasteiger partial charge >= 0.3 is 5.97 Å². The number of carbonyl (C=O) groups excluding carboxylic acids is 1. The Labute approximate surface area is 199 Å². The maximum absolute atomic E-state index is 12.4. The lowest BCUT2D eigenvalue weighted by atomic mass is 10.2. The fraction of sp³-hybridized carbons (Fsp3) is 0.550. The zero-order valence-electron chi connectivity index (χ0n) is 17.7. The van der Waals surface area contributed by atoms with Crippen molar-refractivity contribution in [3.8, 4) is 11.5 Å². The summed E-state index contributed by atoms with van der Waals surface area (Å²) >= 11 is 4.78. The molecule has 1 N–H and O–H groups in total. The Hall–Kier alpha value is -1.79. The second-order valence-corrected chi connectivity index (χ2v) is 11.5. The average molecular weight is 549 g/mol. The van der Waals surface area contributed by atoms with Gasteiger partial charge in [0.25, 0.3) is 0 Å². The standard InChI is InChI=1S/C20H25BrN2O7S2/c1-3-29-15-9-12(8-13(21)19(15)30-4-2)23-14-10-32(27,28)11-16(14)31-20(23)22-17(24)6-5-7-18(25)26/h8-9,14,16H,3-7,10-11H2,1-2H3,(H,25,26)/t14-,16+/m1/s1. The van der Waals surface area contributed by atoms with Crippen LogP contribution in [0.15, 0.2) is 21.6 Å². The molecule has 2 aliphatic rings. The van der Waals surface area contributed by atoms with E-state index >= 15 is 0 Å². The Bertz CT molecular complexity index is 1030. The van der Waals surface area contributed by atoms with E-state index in [1.165, 1.54) is 11.8 Å². The Balaban J connectivity index is 1.97. The topological polar surface area (TPSA) is 123 Å². The van der Waals surface area contributed by atoms with E-state index in [0.717, 1.165) is 0 Å². The molecule has 1 aromatic carbocycles. The van der Waals surface area contributed by atoms with Gasteiger partial charge in [-0.05, 0) is 42.3 Å². The van der Waals surface area contributed by atoms with Gasteiger partial charge in [0.2, 0.25) is 5.91 Å². The third-order valence-electron chi connectivity index (χ3n) is 4.93. The van der Waals surface area contributed by atoms with Crippen LogP contribution in [0.4, 0.5) is 5.69 Å². The van der Waals surface area contributed by atoms with Crippen LogP contribution in [0.5, 0.6) is 11.5 Å². The molecule has 0 spiro atoms. The number of thioether (sulfide) groups is 1. The second-order valence-electron chi connectivity index (χ2n) is 7.33. The van der Waals surface area contributed by atoms with Crippen molar-refractivity contribution in [2.75, 3.05) is 29.6 Å². The SMILES string of the molecule is CCOc1cc(N2C(=NC(=O)CCCC(=O)O)S[C@H]3CS(=O)(=O)C[C@H]32)cc(Br)c1OCC. The lowest BCUT2D eigenvalue weighted by Crippen LogP contribution is -2.37. The smallest absolute Gasteiger partial charge is 0.303 e. The number of benzene rings is 1. The van der Waals surface area contributed by atoms with E-state index in [4.69, 9.17) is 14.6 Å². The fourth-order valence-electron chi connectivity index (χ4n) is 3.66. The average Bonchev–Trinajstić information content (AvgIpc) is 3.14. The van der Waals surface area contributed by atoms with E-state index in [1.807, 2.05) is 13.8 Å². The second kappa shape index (κ2) is 10.4. The van der Waals surface area contributed by atoms with Crippen LogP contribution in [0.1, 0.15) is 33.1 Å². The lowest BCUT2D eigenvalue weighted by Gasteiger charge is -2.26. The summed E-state index contributed by atoms with van der Waals surface area (Å²) in [5.41, 5.74) is 0.637. The highest BCUT2D eigenvalue weighted by Gasteiger charge is 2.49. The van der Waals surface area contributed by atoms with Gasteiger partial charge in [-0.25, -0.2) is 8.42 Å². The number of halogens is 1. The Morgan fingerprint density at radius 2 is 1.94 bits per heavy atom. The number of amides is 1. The third kappa shape index (κ3) is 5.76. The minimum absolute atomic E-state index is 0.00893. The van der Waals surface area contributed by atoms with Crippen LogP contribution >= 0.6 is 27.7 Å². The maximum Gasteiger partial charge on any atom is 0.303 e. The van der Waals surface area contributed by atoms with Gasteiger partial charge in [0.05, 0.1) is 35.2 Å². The highest BCUT2D eigenvalue weighted by Crippen LogP contribution is 2.45. The first-order valence-electron chi connectivity index (χ1n) is 10.2. The number of hydrogen-bond acceptors (Lipinski definition) is 7. The van der Waals surface area contributed by atoms with E-state index in [-0.39, 0.29) is 42.1 Å². The van der Waals surface area contributed by atoms with Crippen molar-refractivity contribution in [3.63, 3.8) is 0 Å². The van der Waals surface area contributed by atoms with Crippen LogP contribution in [-0.2, 0) is 19.4 Å². The van der Waals surface area contributed by atoms with Gasteiger partial charge in [-0.15, -0.1) is 0 Å². The maximum atomic E-state index is 12.4. The van der Waals surface area contributed by atoms with Crippen molar-refractivity contribution < 1.29 is 32.6 Å². The first-order valence-corrected chi connectivity index (χ1v) is 13.7. The summed E-state index contributed by atoms with van der Waals surface area (Å²) in [6.07, 6.45) is 0.0927. The summed E-state index contributed by atoms with van der Waals surface area (Å²) < 4.78 is 36.6. The summed E-state index contributed by atoms with van der Waals surface area (Å²) in [6.45, 7) is 4.57. The molecule has 2 aliphatic heterocycles. The van der Waals surface area contributed by atoms with Crippen LogP contribution in [-0.4, -0.2) is 66.6 Å². The molecule has 2 saturated heterocycles. The molecule has 0 unspecified atom stereocenters. The molecular weight excluding hydrogens is 524 g/mol. The van der Waals surface area contributed by atoms with Crippen molar-refractivity contribution in [2.45, 2.75) is 44.4 Å². The molecular formula is C20H25BrN2O7S2. The summed E-state index contributed by atoms with van der Waals surface area (Å²) in [5, 5.41) is 8.94. The predicted molar refractivity (Wildman–Crippen MR) is 127 cm³/mol. The van der Waals surface area contributed by atoms with Crippen molar-refractivity contribution in [2.24, 2.45) is 4.99 Å². The zero-order chi connectivity index (χ0) is 23.5. The van der Waals surface area contributed by atoms with Crippen molar-refractivity contribution in [1.29, 1.82) is 0 Å². The van der Waals surface area contributed by atoms with E-state index in [9.17, 15) is 18.0 Å². The molecule has 1 amide bonds. The Kier molecular flexibility index (Phi) is 8.10. The quantitative estimate of drug-likeness (QED) is 0.495. The molecule has 0 aromatic heterocycles. The molecule has 0 aliphatic carbocycles. The van der Waals surface area contributed by atoms with E-state index in [1.54, 1.807) is 17.0 Å². The minimum atomic E-state index is -3.20. The van der Waals surface area contributed by atoms with Crippen LogP contribution in [0.25, 0.3) is 0 Å².